The average molecular weight is 715 g/mol. The van der Waals surface area contributed by atoms with Crippen molar-refractivity contribution in [1.29, 1.82) is 0 Å². The Morgan fingerprint density at radius 1 is 0.653 bits per heavy atom. The summed E-state index contributed by atoms with van der Waals surface area (Å²) in [6.07, 6.45) is 40.8. The summed E-state index contributed by atoms with van der Waals surface area (Å²) in [4.78, 5) is 22.6. The molecule has 0 rings (SSSR count). The minimum absolute atomic E-state index is 0.0789. The van der Waals surface area contributed by atoms with Crippen LogP contribution in [0.2, 0.25) is 0 Å². The van der Waals surface area contributed by atoms with Gasteiger partial charge >= 0.3 is 7.82 Å². The van der Waals surface area contributed by atoms with Crippen LogP contribution in [0.1, 0.15) is 194 Å². The van der Waals surface area contributed by atoms with Gasteiger partial charge in [-0.15, -0.1) is 0 Å². The molecule has 290 valence electrons. The van der Waals surface area contributed by atoms with Crippen LogP contribution in [0.4, 0.5) is 0 Å². The third-order valence-corrected chi connectivity index (χ3v) is 10.0. The fourth-order valence-electron chi connectivity index (χ4n) is 5.89. The molecule has 0 spiro atoms. The number of phosphoric ester groups is 1. The maximum Gasteiger partial charge on any atom is 0.472 e. The van der Waals surface area contributed by atoms with Crippen LogP contribution in [0.5, 0.6) is 0 Å². The molecule has 49 heavy (non-hydrogen) atoms. The first kappa shape index (κ1) is 48.0. The first-order valence-electron chi connectivity index (χ1n) is 20.5. The van der Waals surface area contributed by atoms with Gasteiger partial charge in [0, 0.05) is 13.0 Å². The summed E-state index contributed by atoms with van der Waals surface area (Å²) in [6, 6.07) is -0.857. The van der Waals surface area contributed by atoms with Gasteiger partial charge in [-0.2, -0.15) is 0 Å². The number of unbranched alkanes of at least 4 members (excludes halogenated alkanes) is 24. The van der Waals surface area contributed by atoms with Crippen LogP contribution in [-0.2, 0) is 18.4 Å². The maximum atomic E-state index is 12.7. The maximum absolute atomic E-state index is 12.7. The molecule has 1 amide bonds. The Morgan fingerprint density at radius 2 is 1.06 bits per heavy atom. The van der Waals surface area contributed by atoms with Crippen molar-refractivity contribution in [3.05, 3.63) is 24.3 Å². The first-order valence-corrected chi connectivity index (χ1v) is 22.0. The van der Waals surface area contributed by atoms with E-state index in [1.54, 1.807) is 6.08 Å². The zero-order valence-electron chi connectivity index (χ0n) is 31.9. The Kier molecular flexibility index (Phi) is 36.0. The highest BCUT2D eigenvalue weighted by molar-refractivity contribution is 7.47. The Hall–Kier alpha value is -1.02. The Bertz CT molecular complexity index is 825. The van der Waals surface area contributed by atoms with Gasteiger partial charge in [0.1, 0.15) is 0 Å². The van der Waals surface area contributed by atoms with Crippen molar-refractivity contribution >= 4 is 13.7 Å². The highest BCUT2D eigenvalue weighted by Gasteiger charge is 2.26. The minimum Gasteiger partial charge on any atom is -0.387 e. The molecule has 0 aromatic rings. The fraction of sp³-hybridized carbons (Fsp3) is 0.875. The van der Waals surface area contributed by atoms with Crippen molar-refractivity contribution in [3.63, 3.8) is 0 Å². The molecule has 0 saturated carbocycles. The average Bonchev–Trinajstić information content (AvgIpc) is 3.09. The summed E-state index contributed by atoms with van der Waals surface area (Å²) in [5.74, 6) is -0.198. The molecule has 0 heterocycles. The van der Waals surface area contributed by atoms with Gasteiger partial charge in [-0.1, -0.05) is 167 Å². The Labute approximate surface area is 302 Å². The normalized spacial score (nSPS) is 14.5. The van der Waals surface area contributed by atoms with Crippen LogP contribution < -0.4 is 11.1 Å². The second-order valence-corrected chi connectivity index (χ2v) is 15.3. The predicted octanol–water partition coefficient (Wildman–Crippen LogP) is 11.0. The first-order chi connectivity index (χ1) is 23.9. The number of allylic oxidation sites excluding steroid dienone is 3. The van der Waals surface area contributed by atoms with Crippen molar-refractivity contribution in [1.82, 2.24) is 5.32 Å². The Morgan fingerprint density at radius 3 is 1.51 bits per heavy atom. The van der Waals surface area contributed by atoms with E-state index < -0.39 is 20.0 Å². The summed E-state index contributed by atoms with van der Waals surface area (Å²) in [5, 5.41) is 13.6. The van der Waals surface area contributed by atoms with Gasteiger partial charge in [-0.3, -0.25) is 13.8 Å². The van der Waals surface area contributed by atoms with E-state index in [2.05, 4.69) is 31.3 Å². The standard InChI is InChI=1S/C40H79N2O6P/c1-3-5-7-9-11-13-15-16-17-18-19-20-21-22-24-26-28-30-32-34-40(44)42-38(37-48-49(45,46)47-36-35-41)39(43)33-31-29-27-25-23-14-12-10-8-6-4-2/h16-17,31,33,38-39,43H,3-15,18-30,32,34-37,41H2,1-2H3,(H,42,44)(H,45,46)/b17-16-,33-31+. The quantitative estimate of drug-likeness (QED) is 0.0284. The topological polar surface area (TPSA) is 131 Å². The van der Waals surface area contributed by atoms with E-state index in [9.17, 15) is 19.4 Å². The zero-order valence-corrected chi connectivity index (χ0v) is 32.8. The lowest BCUT2D eigenvalue weighted by atomic mass is 10.0. The monoisotopic (exact) mass is 715 g/mol. The van der Waals surface area contributed by atoms with Crippen molar-refractivity contribution in [3.8, 4) is 0 Å². The number of aliphatic hydroxyl groups is 1. The number of hydrogen-bond donors (Lipinski definition) is 4. The molecule has 5 N–H and O–H groups in total. The number of rotatable bonds is 38. The van der Waals surface area contributed by atoms with Crippen LogP contribution >= 0.6 is 7.82 Å². The number of carbonyl (C=O) groups is 1. The fourth-order valence-corrected chi connectivity index (χ4v) is 6.65. The summed E-state index contributed by atoms with van der Waals surface area (Å²) >= 11 is 0. The summed E-state index contributed by atoms with van der Waals surface area (Å²) in [5.41, 5.74) is 5.36. The van der Waals surface area contributed by atoms with Crippen LogP contribution in [-0.4, -0.2) is 47.8 Å². The van der Waals surface area contributed by atoms with E-state index >= 15 is 0 Å². The molecular weight excluding hydrogens is 635 g/mol. The molecule has 0 aliphatic rings. The summed E-state index contributed by atoms with van der Waals surface area (Å²) in [6.45, 7) is 4.11. The van der Waals surface area contributed by atoms with E-state index in [0.717, 1.165) is 38.5 Å². The SMILES string of the molecule is CCCCCCCC/C=C\CCCCCCCCCCCC(=O)NC(COP(=O)(O)OCCN)C(O)/C=C/CCCCCCCCCCC. The number of carbonyl (C=O) groups excluding carboxylic acids is 1. The number of amides is 1. The van der Waals surface area contributed by atoms with Crippen LogP contribution in [0, 0.1) is 0 Å². The molecule has 3 atom stereocenters. The molecule has 3 unspecified atom stereocenters. The van der Waals surface area contributed by atoms with Crippen molar-refractivity contribution < 1.29 is 28.4 Å². The van der Waals surface area contributed by atoms with Gasteiger partial charge < -0.3 is 21.1 Å². The van der Waals surface area contributed by atoms with Gasteiger partial charge in [0.25, 0.3) is 0 Å². The van der Waals surface area contributed by atoms with Gasteiger partial charge in [0.2, 0.25) is 5.91 Å². The number of nitrogens with two attached hydrogens (primary N) is 1. The molecule has 0 radical (unpaired) electrons. The smallest absolute Gasteiger partial charge is 0.387 e. The molecule has 0 fully saturated rings. The van der Waals surface area contributed by atoms with E-state index in [0.29, 0.717) is 6.42 Å². The third-order valence-electron chi connectivity index (χ3n) is 9.02. The lowest BCUT2D eigenvalue weighted by molar-refractivity contribution is -0.123. The van der Waals surface area contributed by atoms with Crippen molar-refractivity contribution in [2.45, 2.75) is 206 Å². The molecule has 0 aromatic heterocycles. The number of hydrogen-bond acceptors (Lipinski definition) is 6. The molecule has 0 aliphatic heterocycles. The second kappa shape index (κ2) is 36.8. The Balaban J connectivity index is 4.18. The van der Waals surface area contributed by atoms with Gasteiger partial charge in [-0.25, -0.2) is 4.57 Å². The summed E-state index contributed by atoms with van der Waals surface area (Å²) in [7, 11) is -4.33. The van der Waals surface area contributed by atoms with E-state index in [1.165, 1.54) is 135 Å². The van der Waals surface area contributed by atoms with Crippen molar-refractivity contribution in [2.24, 2.45) is 5.73 Å². The zero-order chi connectivity index (χ0) is 36.1. The summed E-state index contributed by atoms with van der Waals surface area (Å²) < 4.78 is 22.0. The molecular formula is C40H79N2O6P. The van der Waals surface area contributed by atoms with Gasteiger partial charge in [0.05, 0.1) is 25.4 Å². The molecule has 8 nitrogen and oxygen atoms in total. The van der Waals surface area contributed by atoms with E-state index in [-0.39, 0.29) is 25.7 Å². The highest BCUT2D eigenvalue weighted by Crippen LogP contribution is 2.43. The van der Waals surface area contributed by atoms with Gasteiger partial charge in [0.15, 0.2) is 0 Å². The number of nitrogens with one attached hydrogen (secondary N) is 1. The van der Waals surface area contributed by atoms with Crippen LogP contribution in [0.3, 0.4) is 0 Å². The van der Waals surface area contributed by atoms with Crippen LogP contribution in [0.25, 0.3) is 0 Å². The lowest BCUT2D eigenvalue weighted by Crippen LogP contribution is -2.45. The molecule has 0 bridgehead atoms. The third kappa shape index (κ3) is 35.2. The minimum atomic E-state index is -4.33. The second-order valence-electron chi connectivity index (χ2n) is 13.8. The number of aliphatic hydroxyl groups excluding tert-OH is 1. The lowest BCUT2D eigenvalue weighted by Gasteiger charge is -2.23. The number of phosphoric acid groups is 1. The van der Waals surface area contributed by atoms with E-state index in [1.807, 2.05) is 6.08 Å². The molecule has 9 heteroatoms. The molecule has 0 aromatic carbocycles. The van der Waals surface area contributed by atoms with E-state index in [4.69, 9.17) is 14.8 Å². The molecule has 0 aliphatic carbocycles. The predicted molar refractivity (Wildman–Crippen MR) is 208 cm³/mol. The highest BCUT2D eigenvalue weighted by atomic mass is 31.2. The molecule has 0 saturated heterocycles. The van der Waals surface area contributed by atoms with Crippen LogP contribution in [0.15, 0.2) is 24.3 Å². The van der Waals surface area contributed by atoms with Crippen molar-refractivity contribution in [2.75, 3.05) is 19.8 Å². The largest absolute Gasteiger partial charge is 0.472 e. The van der Waals surface area contributed by atoms with Gasteiger partial charge in [-0.05, 0) is 44.9 Å².